The lowest BCUT2D eigenvalue weighted by Crippen LogP contribution is -2.31. The van der Waals surface area contributed by atoms with Gasteiger partial charge in [0.2, 0.25) is 5.95 Å². The average molecular weight is 496 g/mol. The zero-order valence-corrected chi connectivity index (χ0v) is 19.9. The first kappa shape index (κ1) is 23.9. The minimum atomic E-state index is -2.90. The zero-order chi connectivity index (χ0) is 25.4. The largest absolute Gasteiger partial charge is 0.352 e. The number of nitrogens with one attached hydrogen (secondary N) is 2. The summed E-state index contributed by atoms with van der Waals surface area (Å²) >= 11 is 0. The Morgan fingerprint density at radius 2 is 1.83 bits per heavy atom. The van der Waals surface area contributed by atoms with Gasteiger partial charge in [0, 0.05) is 36.7 Å². The standard InChI is InChI=1S/C26H27F2N5O3/c1-16-6-2-3-12-29-22(34)17-7-4-8-18(14-17)23(35)31-25-30-20-10-5-9-19(21(20)33(16)25)24(36)32-13-11-26(27,28)15-32/h4-5,7-10,14,16H,2-3,6,11-13,15H2,1H3,(H,29,34)(H,30,31,35). The van der Waals surface area contributed by atoms with E-state index < -0.39 is 24.3 Å². The molecule has 1 atom stereocenters. The number of hydrogen-bond acceptors (Lipinski definition) is 4. The summed E-state index contributed by atoms with van der Waals surface area (Å²) in [4.78, 5) is 44.7. The lowest BCUT2D eigenvalue weighted by Gasteiger charge is -2.21. The van der Waals surface area contributed by atoms with Crippen LogP contribution >= 0.6 is 0 Å². The third-order valence-electron chi connectivity index (χ3n) is 6.78. The van der Waals surface area contributed by atoms with Gasteiger partial charge in [0.25, 0.3) is 23.6 Å². The topological polar surface area (TPSA) is 96.3 Å². The molecular weight excluding hydrogens is 468 g/mol. The molecule has 2 bridgehead atoms. The Morgan fingerprint density at radius 1 is 1.08 bits per heavy atom. The third kappa shape index (κ3) is 4.55. The van der Waals surface area contributed by atoms with Crippen LogP contribution in [0, 0.1) is 0 Å². The molecule has 1 saturated heterocycles. The number of imidazole rings is 1. The molecule has 5 rings (SSSR count). The number of anilines is 1. The number of carbonyl (C=O) groups is 3. The Labute approximate surface area is 206 Å². The Morgan fingerprint density at radius 3 is 2.58 bits per heavy atom. The maximum absolute atomic E-state index is 13.8. The first-order chi connectivity index (χ1) is 17.2. The number of alkyl halides is 2. The van der Waals surface area contributed by atoms with Crippen molar-refractivity contribution in [3.05, 3.63) is 59.2 Å². The molecule has 0 aliphatic carbocycles. The van der Waals surface area contributed by atoms with Crippen LogP contribution in [0.5, 0.6) is 0 Å². The molecule has 8 nitrogen and oxygen atoms in total. The molecule has 10 heteroatoms. The smallest absolute Gasteiger partial charge is 0.267 e. The van der Waals surface area contributed by atoms with Crippen LogP contribution in [0.1, 0.15) is 69.7 Å². The number of fused-ring (bicyclic) bond motifs is 5. The van der Waals surface area contributed by atoms with Crippen LogP contribution in [-0.4, -0.2) is 57.7 Å². The van der Waals surface area contributed by atoms with Crippen LogP contribution in [0.3, 0.4) is 0 Å². The number of likely N-dealkylation sites (tertiary alicyclic amines) is 1. The van der Waals surface area contributed by atoms with Gasteiger partial charge >= 0.3 is 0 Å². The highest BCUT2D eigenvalue weighted by Crippen LogP contribution is 2.33. The Balaban J connectivity index is 1.59. The summed E-state index contributed by atoms with van der Waals surface area (Å²) in [5.41, 5.74) is 1.96. The van der Waals surface area contributed by atoms with Crippen LogP contribution in [0.15, 0.2) is 42.5 Å². The van der Waals surface area contributed by atoms with Crippen molar-refractivity contribution >= 4 is 34.7 Å². The molecule has 2 aliphatic heterocycles. The average Bonchev–Trinajstić information content (AvgIpc) is 3.41. The maximum Gasteiger partial charge on any atom is 0.267 e. The molecule has 1 fully saturated rings. The van der Waals surface area contributed by atoms with Gasteiger partial charge < -0.3 is 14.8 Å². The third-order valence-corrected chi connectivity index (χ3v) is 6.78. The highest BCUT2D eigenvalue weighted by molar-refractivity contribution is 6.08. The zero-order valence-electron chi connectivity index (χ0n) is 19.9. The van der Waals surface area contributed by atoms with Crippen LogP contribution in [-0.2, 0) is 0 Å². The first-order valence-electron chi connectivity index (χ1n) is 12.1. The molecule has 3 amide bonds. The van der Waals surface area contributed by atoms with E-state index in [4.69, 9.17) is 0 Å². The molecule has 1 aromatic heterocycles. The van der Waals surface area contributed by atoms with E-state index in [0.717, 1.165) is 12.8 Å². The molecule has 3 aromatic rings. The van der Waals surface area contributed by atoms with Crippen molar-refractivity contribution in [1.82, 2.24) is 19.8 Å². The molecule has 188 valence electrons. The van der Waals surface area contributed by atoms with E-state index in [9.17, 15) is 23.2 Å². The Hall–Kier alpha value is -3.82. The van der Waals surface area contributed by atoms with Crippen molar-refractivity contribution in [2.45, 2.75) is 44.6 Å². The van der Waals surface area contributed by atoms with E-state index >= 15 is 0 Å². The van der Waals surface area contributed by atoms with Crippen molar-refractivity contribution in [2.75, 3.05) is 25.0 Å². The second kappa shape index (κ2) is 9.33. The lowest BCUT2D eigenvalue weighted by atomic mass is 10.1. The molecule has 0 saturated carbocycles. The van der Waals surface area contributed by atoms with Gasteiger partial charge in [0.1, 0.15) is 0 Å². The number of amides is 3. The van der Waals surface area contributed by atoms with Crippen molar-refractivity contribution in [1.29, 1.82) is 0 Å². The summed E-state index contributed by atoms with van der Waals surface area (Å²) in [6, 6.07) is 11.3. The van der Waals surface area contributed by atoms with Crippen molar-refractivity contribution in [3.8, 4) is 0 Å². The monoisotopic (exact) mass is 495 g/mol. The van der Waals surface area contributed by atoms with Crippen LogP contribution in [0.4, 0.5) is 14.7 Å². The molecule has 0 radical (unpaired) electrons. The molecule has 1 unspecified atom stereocenters. The predicted octanol–water partition coefficient (Wildman–Crippen LogP) is 4.24. The van der Waals surface area contributed by atoms with E-state index in [1.165, 1.54) is 11.0 Å². The summed E-state index contributed by atoms with van der Waals surface area (Å²) in [6.07, 6.45) is 1.86. The van der Waals surface area contributed by atoms with Crippen molar-refractivity contribution in [2.24, 2.45) is 0 Å². The molecular formula is C26H27F2N5O3. The summed E-state index contributed by atoms with van der Waals surface area (Å²) in [6.45, 7) is 1.83. The maximum atomic E-state index is 13.8. The van der Waals surface area contributed by atoms with Crippen LogP contribution in [0.25, 0.3) is 11.0 Å². The highest BCUT2D eigenvalue weighted by atomic mass is 19.3. The van der Waals surface area contributed by atoms with Crippen LogP contribution < -0.4 is 10.6 Å². The molecule has 0 spiro atoms. The summed E-state index contributed by atoms with van der Waals surface area (Å²) in [5, 5.41) is 5.72. The van der Waals surface area contributed by atoms with E-state index in [1.54, 1.807) is 36.4 Å². The molecule has 2 aromatic carbocycles. The van der Waals surface area contributed by atoms with Gasteiger partial charge in [-0.1, -0.05) is 12.1 Å². The van der Waals surface area contributed by atoms with E-state index in [2.05, 4.69) is 15.6 Å². The number of benzene rings is 2. The van der Waals surface area contributed by atoms with E-state index in [-0.39, 0.29) is 36.4 Å². The summed E-state index contributed by atoms with van der Waals surface area (Å²) in [5.74, 6) is -3.80. The fourth-order valence-electron chi connectivity index (χ4n) is 4.89. The van der Waals surface area contributed by atoms with Crippen molar-refractivity contribution < 1.29 is 23.2 Å². The quantitative estimate of drug-likeness (QED) is 0.528. The number of halogens is 2. The fraction of sp³-hybridized carbons (Fsp3) is 0.385. The molecule has 2 N–H and O–H groups in total. The summed E-state index contributed by atoms with van der Waals surface area (Å²) in [7, 11) is 0. The number of para-hydroxylation sites is 1. The van der Waals surface area contributed by atoms with Gasteiger partial charge in [0.05, 0.1) is 23.1 Å². The van der Waals surface area contributed by atoms with Gasteiger partial charge in [-0.2, -0.15) is 0 Å². The van der Waals surface area contributed by atoms with Gasteiger partial charge in [0.15, 0.2) is 0 Å². The van der Waals surface area contributed by atoms with Crippen LogP contribution in [0.2, 0.25) is 0 Å². The van der Waals surface area contributed by atoms with Gasteiger partial charge in [-0.25, -0.2) is 13.8 Å². The molecule has 2 aliphatic rings. The first-order valence-corrected chi connectivity index (χ1v) is 12.1. The minimum Gasteiger partial charge on any atom is -0.352 e. The normalized spacial score (nSPS) is 20.4. The molecule has 3 heterocycles. The number of rotatable bonds is 1. The molecule has 36 heavy (non-hydrogen) atoms. The SMILES string of the molecule is CC1CCCCNC(=O)c2cccc(c2)C(=O)Nc2nc3cccc(C(=O)N4CCC(F)(F)C4)c3n21. The lowest BCUT2D eigenvalue weighted by molar-refractivity contribution is 0.0120. The number of nitrogens with zero attached hydrogens (tertiary/aromatic N) is 3. The number of carbonyl (C=O) groups excluding carboxylic acids is 3. The fourth-order valence-corrected chi connectivity index (χ4v) is 4.89. The van der Waals surface area contributed by atoms with E-state index in [0.29, 0.717) is 35.1 Å². The number of hydrogen-bond donors (Lipinski definition) is 2. The van der Waals surface area contributed by atoms with Gasteiger partial charge in [-0.05, 0) is 56.5 Å². The summed E-state index contributed by atoms with van der Waals surface area (Å²) < 4.78 is 29.5. The second-order valence-corrected chi connectivity index (χ2v) is 9.45. The number of aromatic nitrogens is 2. The Bertz CT molecular complexity index is 1350. The van der Waals surface area contributed by atoms with Gasteiger partial charge in [-0.3, -0.25) is 19.7 Å². The van der Waals surface area contributed by atoms with Gasteiger partial charge in [-0.15, -0.1) is 0 Å². The second-order valence-electron chi connectivity index (χ2n) is 9.45. The Kier molecular flexibility index (Phi) is 6.19. The highest BCUT2D eigenvalue weighted by Gasteiger charge is 2.41. The predicted molar refractivity (Wildman–Crippen MR) is 130 cm³/mol. The van der Waals surface area contributed by atoms with Crippen molar-refractivity contribution in [3.63, 3.8) is 0 Å². The van der Waals surface area contributed by atoms with E-state index in [1.807, 2.05) is 11.5 Å². The minimum absolute atomic E-state index is 0.0163.